The van der Waals surface area contributed by atoms with Gasteiger partial charge in [0.15, 0.2) is 0 Å². The van der Waals surface area contributed by atoms with Crippen LogP contribution in [0.25, 0.3) is 0 Å². The molecule has 106 valence electrons. The van der Waals surface area contributed by atoms with Gasteiger partial charge >= 0.3 is 5.97 Å². The molecule has 0 aromatic heterocycles. The van der Waals surface area contributed by atoms with E-state index in [0.29, 0.717) is 12.8 Å². The lowest BCUT2D eigenvalue weighted by atomic mass is 10.0. The van der Waals surface area contributed by atoms with Crippen molar-refractivity contribution >= 4 is 11.8 Å². The molecule has 1 heterocycles. The summed E-state index contributed by atoms with van der Waals surface area (Å²) in [5.41, 5.74) is 1.20. The first-order chi connectivity index (χ1) is 9.74. The van der Waals surface area contributed by atoms with Crippen molar-refractivity contribution in [1.82, 2.24) is 0 Å². The second kappa shape index (κ2) is 7.63. The number of cyclic esters (lactones) is 1. The fourth-order valence-corrected chi connectivity index (χ4v) is 2.32. The molecule has 3 heteroatoms. The first kappa shape index (κ1) is 14.5. The monoisotopic (exact) mass is 272 g/mol. The first-order valence-electron chi connectivity index (χ1n) is 7.17. The lowest BCUT2D eigenvalue weighted by Gasteiger charge is -2.18. The van der Waals surface area contributed by atoms with Gasteiger partial charge in [0, 0.05) is 25.3 Å². The van der Waals surface area contributed by atoms with E-state index in [0.717, 1.165) is 25.7 Å². The Bertz CT molecular complexity index is 476. The molecule has 1 aliphatic rings. The number of hydrogen-bond acceptors (Lipinski definition) is 3. The van der Waals surface area contributed by atoms with Crippen molar-refractivity contribution in [2.75, 3.05) is 0 Å². The first-order valence-corrected chi connectivity index (χ1v) is 7.17. The van der Waals surface area contributed by atoms with Gasteiger partial charge < -0.3 is 4.74 Å². The van der Waals surface area contributed by atoms with Crippen LogP contribution in [-0.2, 0) is 20.7 Å². The number of aryl methyl sites for hydroxylation is 1. The normalized spacial score (nSPS) is 17.8. The van der Waals surface area contributed by atoms with Gasteiger partial charge in [-0.2, -0.15) is 0 Å². The minimum atomic E-state index is -0.267. The highest BCUT2D eigenvalue weighted by Gasteiger charge is 2.15. The highest BCUT2D eigenvalue weighted by atomic mass is 16.5. The molecule has 0 saturated carbocycles. The second-order valence-corrected chi connectivity index (χ2v) is 5.11. The van der Waals surface area contributed by atoms with Crippen molar-refractivity contribution < 1.29 is 14.3 Å². The Morgan fingerprint density at radius 2 is 2.00 bits per heavy atom. The highest BCUT2D eigenvalue weighted by molar-refractivity contribution is 5.82. The Balaban J connectivity index is 1.61. The van der Waals surface area contributed by atoms with Crippen LogP contribution in [0.15, 0.2) is 42.5 Å². The van der Waals surface area contributed by atoms with Crippen LogP contribution in [0.4, 0.5) is 0 Å². The van der Waals surface area contributed by atoms with E-state index >= 15 is 0 Å². The second-order valence-electron chi connectivity index (χ2n) is 5.11. The van der Waals surface area contributed by atoms with Gasteiger partial charge in [0.25, 0.3) is 0 Å². The van der Waals surface area contributed by atoms with E-state index in [1.165, 1.54) is 11.6 Å². The molecule has 0 unspecified atom stereocenters. The van der Waals surface area contributed by atoms with Gasteiger partial charge in [-0.15, -0.1) is 0 Å². The van der Waals surface area contributed by atoms with Gasteiger partial charge in [0.2, 0.25) is 0 Å². The number of ketones is 1. The Labute approximate surface area is 119 Å². The van der Waals surface area contributed by atoms with Crippen LogP contribution in [0.5, 0.6) is 0 Å². The van der Waals surface area contributed by atoms with Gasteiger partial charge in [-0.05, 0) is 24.8 Å². The quantitative estimate of drug-likeness (QED) is 0.716. The zero-order valence-corrected chi connectivity index (χ0v) is 11.6. The molecular weight excluding hydrogens is 252 g/mol. The maximum atomic E-state index is 11.8. The zero-order chi connectivity index (χ0) is 14.2. The molecule has 3 nitrogen and oxygen atoms in total. The predicted molar refractivity (Wildman–Crippen MR) is 77.3 cm³/mol. The fraction of sp³-hybridized carbons (Fsp3) is 0.412. The van der Waals surface area contributed by atoms with Crippen molar-refractivity contribution in [3.05, 3.63) is 48.0 Å². The van der Waals surface area contributed by atoms with E-state index in [1.54, 1.807) is 0 Å². The van der Waals surface area contributed by atoms with Crippen LogP contribution in [-0.4, -0.2) is 17.9 Å². The number of carbonyl (C=O) groups is 2. The molecule has 1 atom stereocenters. The summed E-state index contributed by atoms with van der Waals surface area (Å²) in [5.74, 6) is 0.0168. The van der Waals surface area contributed by atoms with Crippen molar-refractivity contribution in [3.8, 4) is 0 Å². The fourth-order valence-electron chi connectivity index (χ4n) is 2.32. The predicted octanol–water partition coefficient (Wildman–Crippen LogP) is 3.23. The van der Waals surface area contributed by atoms with Gasteiger partial charge in [0.05, 0.1) is 0 Å². The van der Waals surface area contributed by atoms with Crippen LogP contribution in [0.3, 0.4) is 0 Å². The van der Waals surface area contributed by atoms with Gasteiger partial charge in [-0.3, -0.25) is 4.79 Å². The summed E-state index contributed by atoms with van der Waals surface area (Å²) in [7, 11) is 0. The average molecular weight is 272 g/mol. The number of Topliss-reactive ketones (excluding diaryl/α,β-unsaturated/α-hetero) is 1. The summed E-state index contributed by atoms with van der Waals surface area (Å²) in [4.78, 5) is 22.9. The third-order valence-electron chi connectivity index (χ3n) is 3.45. The summed E-state index contributed by atoms with van der Waals surface area (Å²) in [5, 5.41) is 0. The molecule has 0 spiro atoms. The Morgan fingerprint density at radius 3 is 2.75 bits per heavy atom. The lowest BCUT2D eigenvalue weighted by molar-refractivity contribution is -0.144. The number of esters is 1. The summed E-state index contributed by atoms with van der Waals surface area (Å²) in [6, 6.07) is 10.0. The van der Waals surface area contributed by atoms with Crippen molar-refractivity contribution in [2.45, 2.75) is 44.6 Å². The topological polar surface area (TPSA) is 43.4 Å². The Morgan fingerprint density at radius 1 is 1.20 bits per heavy atom. The third-order valence-corrected chi connectivity index (χ3v) is 3.45. The highest BCUT2D eigenvalue weighted by Crippen LogP contribution is 2.15. The molecule has 0 bridgehead atoms. The van der Waals surface area contributed by atoms with E-state index < -0.39 is 0 Å². The maximum absolute atomic E-state index is 11.8. The molecular formula is C17H20O3. The lowest BCUT2D eigenvalue weighted by Crippen LogP contribution is -2.20. The molecule has 2 rings (SSSR count). The van der Waals surface area contributed by atoms with E-state index in [1.807, 2.05) is 36.4 Å². The smallest absolute Gasteiger partial charge is 0.330 e. The van der Waals surface area contributed by atoms with Crippen LogP contribution >= 0.6 is 0 Å². The standard InChI is InChI=1S/C17H20O3/c18-15(13-12-14-6-2-1-3-7-14)8-4-9-16-10-5-11-17(19)20-16/h1-3,5-7,11,16H,4,8-10,12-13H2/t16-/m0/s1. The summed E-state index contributed by atoms with van der Waals surface area (Å²) < 4.78 is 5.16. The number of carbonyl (C=O) groups excluding carboxylic acids is 2. The molecule has 0 saturated heterocycles. The minimum absolute atomic E-state index is 0.0468. The van der Waals surface area contributed by atoms with E-state index in [2.05, 4.69) is 0 Å². The number of rotatable bonds is 7. The third kappa shape index (κ3) is 5.00. The van der Waals surface area contributed by atoms with Gasteiger partial charge in [0.1, 0.15) is 11.9 Å². The van der Waals surface area contributed by atoms with E-state index in [9.17, 15) is 9.59 Å². The number of ether oxygens (including phenoxy) is 1. The summed E-state index contributed by atoms with van der Waals surface area (Å²) in [6.45, 7) is 0. The average Bonchev–Trinajstić information content (AvgIpc) is 2.46. The molecule has 0 radical (unpaired) electrons. The largest absolute Gasteiger partial charge is 0.459 e. The van der Waals surface area contributed by atoms with Crippen LogP contribution in [0, 0.1) is 0 Å². The molecule has 0 aliphatic carbocycles. The van der Waals surface area contributed by atoms with Gasteiger partial charge in [-0.25, -0.2) is 4.79 Å². The molecule has 20 heavy (non-hydrogen) atoms. The molecule has 0 amide bonds. The Kier molecular flexibility index (Phi) is 5.54. The van der Waals surface area contributed by atoms with Crippen molar-refractivity contribution in [3.63, 3.8) is 0 Å². The SMILES string of the molecule is O=C(CCC[C@H]1CC=CC(=O)O1)CCc1ccccc1. The van der Waals surface area contributed by atoms with Gasteiger partial charge in [-0.1, -0.05) is 36.4 Å². The molecule has 0 N–H and O–H groups in total. The summed E-state index contributed by atoms with van der Waals surface area (Å²) >= 11 is 0. The summed E-state index contributed by atoms with van der Waals surface area (Å²) in [6.07, 6.45) is 7.56. The molecule has 1 aromatic carbocycles. The number of hydrogen-bond donors (Lipinski definition) is 0. The van der Waals surface area contributed by atoms with E-state index in [4.69, 9.17) is 4.74 Å². The zero-order valence-electron chi connectivity index (χ0n) is 11.6. The van der Waals surface area contributed by atoms with Crippen molar-refractivity contribution in [2.24, 2.45) is 0 Å². The van der Waals surface area contributed by atoms with E-state index in [-0.39, 0.29) is 17.9 Å². The number of benzene rings is 1. The van der Waals surface area contributed by atoms with Crippen LogP contribution in [0.1, 0.15) is 37.7 Å². The van der Waals surface area contributed by atoms with Crippen LogP contribution < -0.4 is 0 Å². The molecule has 1 aliphatic heterocycles. The minimum Gasteiger partial charge on any atom is -0.459 e. The molecule has 1 aromatic rings. The Hall–Kier alpha value is -1.90. The van der Waals surface area contributed by atoms with Crippen LogP contribution in [0.2, 0.25) is 0 Å². The van der Waals surface area contributed by atoms with Crippen molar-refractivity contribution in [1.29, 1.82) is 0 Å². The molecule has 0 fully saturated rings. The maximum Gasteiger partial charge on any atom is 0.330 e.